The van der Waals surface area contributed by atoms with Crippen LogP contribution in [0, 0.1) is 17.3 Å². The minimum atomic E-state index is 0.944. The zero-order valence-corrected chi connectivity index (χ0v) is 6.77. The zero-order chi connectivity index (χ0) is 6.77. The second-order valence-electron chi connectivity index (χ2n) is 4.83. The fourth-order valence-electron chi connectivity index (χ4n) is 4.16. The van der Waals surface area contributed by atoms with Crippen LogP contribution in [-0.2, 0) is 0 Å². The van der Waals surface area contributed by atoms with Gasteiger partial charge in [-0.1, -0.05) is 18.7 Å². The predicted molar refractivity (Wildman–Crippen MR) is 44.8 cm³/mol. The smallest absolute Gasteiger partial charge is 0.0659 e. The van der Waals surface area contributed by atoms with E-state index in [1.807, 2.05) is 0 Å². The summed E-state index contributed by atoms with van der Waals surface area (Å²) in [6.07, 6.45) is 7.90. The van der Waals surface area contributed by atoms with E-state index in [0.29, 0.717) is 0 Å². The molecule has 0 aromatic rings. The Hall–Kier alpha value is 0.0649. The van der Waals surface area contributed by atoms with E-state index < -0.39 is 0 Å². The van der Waals surface area contributed by atoms with Gasteiger partial charge in [0.25, 0.3) is 0 Å². The first kappa shape index (κ1) is 5.68. The molecule has 0 bridgehead atoms. The summed E-state index contributed by atoms with van der Waals surface area (Å²) in [5, 5.41) is 0. The molecule has 0 amide bonds. The van der Waals surface area contributed by atoms with Crippen molar-refractivity contribution in [1.82, 2.24) is 0 Å². The Morgan fingerprint density at radius 1 is 1.20 bits per heavy atom. The summed E-state index contributed by atoms with van der Waals surface area (Å²) in [4.78, 5) is 0. The fourth-order valence-corrected chi connectivity index (χ4v) is 4.16. The van der Waals surface area contributed by atoms with Crippen LogP contribution in [0.1, 0.15) is 32.1 Å². The van der Waals surface area contributed by atoms with Crippen molar-refractivity contribution in [1.29, 1.82) is 0 Å². The quantitative estimate of drug-likeness (QED) is 0.441. The van der Waals surface area contributed by atoms with Crippen molar-refractivity contribution in [3.05, 3.63) is 0 Å². The second-order valence-corrected chi connectivity index (χ2v) is 4.83. The molecule has 0 aromatic carbocycles. The Morgan fingerprint density at radius 3 is 2.60 bits per heavy atom. The third kappa shape index (κ3) is 0.392. The minimum absolute atomic E-state index is 0.944. The van der Waals surface area contributed by atoms with Crippen molar-refractivity contribution in [2.24, 2.45) is 17.3 Å². The molecule has 3 fully saturated rings. The van der Waals surface area contributed by atoms with Crippen LogP contribution in [0.5, 0.6) is 0 Å². The van der Waals surface area contributed by atoms with Crippen LogP contribution in [0.15, 0.2) is 0 Å². The molecule has 10 heavy (non-hydrogen) atoms. The molecule has 1 heteroatoms. The lowest BCUT2D eigenvalue weighted by atomic mass is 9.41. The Bertz CT molecular complexity index is 178. The third-order valence-electron chi connectivity index (χ3n) is 4.72. The maximum Gasteiger partial charge on any atom is 0.105 e. The van der Waals surface area contributed by atoms with Crippen LogP contribution in [0.4, 0.5) is 0 Å². The molecule has 0 nitrogen and oxygen atoms in total. The standard InChI is InChI=1S/C9H15B/c10-8-5-9-4-3-6(9)1-2-7(8)9/h6-8H,1-5,10H2. The summed E-state index contributed by atoms with van der Waals surface area (Å²) < 4.78 is 0. The van der Waals surface area contributed by atoms with Crippen molar-refractivity contribution >= 4 is 7.85 Å². The lowest BCUT2D eigenvalue weighted by Gasteiger charge is -2.60. The van der Waals surface area contributed by atoms with Crippen molar-refractivity contribution in [3.63, 3.8) is 0 Å². The molecule has 3 aliphatic rings. The average Bonchev–Trinajstić information content (AvgIpc) is 2.05. The molecule has 0 saturated heterocycles. The van der Waals surface area contributed by atoms with Crippen LogP contribution in [0.2, 0.25) is 5.82 Å². The van der Waals surface area contributed by atoms with Crippen molar-refractivity contribution in [2.45, 2.75) is 37.9 Å². The highest BCUT2D eigenvalue weighted by Crippen LogP contribution is 2.73. The van der Waals surface area contributed by atoms with Crippen molar-refractivity contribution in [3.8, 4) is 0 Å². The van der Waals surface area contributed by atoms with Crippen molar-refractivity contribution < 1.29 is 0 Å². The molecule has 0 aliphatic heterocycles. The predicted octanol–water partition coefficient (Wildman–Crippen LogP) is 1.62. The second kappa shape index (κ2) is 1.46. The first-order valence-electron chi connectivity index (χ1n) is 4.83. The zero-order valence-electron chi connectivity index (χ0n) is 6.77. The lowest BCUT2D eigenvalue weighted by Crippen LogP contribution is -2.50. The van der Waals surface area contributed by atoms with E-state index in [2.05, 4.69) is 7.85 Å². The van der Waals surface area contributed by atoms with Gasteiger partial charge >= 0.3 is 0 Å². The van der Waals surface area contributed by atoms with E-state index in [1.54, 1.807) is 32.1 Å². The van der Waals surface area contributed by atoms with Crippen LogP contribution >= 0.6 is 0 Å². The third-order valence-corrected chi connectivity index (χ3v) is 4.72. The molecule has 0 aromatic heterocycles. The molecule has 1 spiro atoms. The Morgan fingerprint density at radius 2 is 2.10 bits per heavy atom. The first-order valence-corrected chi connectivity index (χ1v) is 4.83. The minimum Gasteiger partial charge on any atom is -0.0659 e. The Balaban J connectivity index is 1.92. The monoisotopic (exact) mass is 134 g/mol. The Labute approximate surface area is 63.8 Å². The molecule has 3 saturated carbocycles. The molecule has 4 unspecified atom stereocenters. The molecule has 0 N–H and O–H groups in total. The van der Waals surface area contributed by atoms with Crippen molar-refractivity contribution in [2.75, 3.05) is 0 Å². The molecule has 54 valence electrons. The topological polar surface area (TPSA) is 0 Å². The van der Waals surface area contributed by atoms with E-state index in [-0.39, 0.29) is 0 Å². The van der Waals surface area contributed by atoms with Gasteiger partial charge in [-0.15, -0.1) is 0 Å². The first-order chi connectivity index (χ1) is 4.83. The average molecular weight is 134 g/mol. The molecular formula is C9H15B. The number of hydrogen-bond acceptors (Lipinski definition) is 0. The summed E-state index contributed by atoms with van der Waals surface area (Å²) in [7, 11) is 2.45. The molecule has 3 aliphatic carbocycles. The van der Waals surface area contributed by atoms with Gasteiger partial charge in [0.15, 0.2) is 0 Å². The van der Waals surface area contributed by atoms with Gasteiger partial charge in [0, 0.05) is 0 Å². The summed E-state index contributed by atoms with van der Waals surface area (Å²) in [5.41, 5.74) is 0.944. The van der Waals surface area contributed by atoms with E-state index >= 15 is 0 Å². The fraction of sp³-hybridized carbons (Fsp3) is 1.00. The van der Waals surface area contributed by atoms with Gasteiger partial charge in [-0.3, -0.25) is 0 Å². The van der Waals surface area contributed by atoms with Gasteiger partial charge < -0.3 is 0 Å². The summed E-state index contributed by atoms with van der Waals surface area (Å²) >= 11 is 0. The van der Waals surface area contributed by atoms with Crippen LogP contribution in [-0.4, -0.2) is 7.85 Å². The van der Waals surface area contributed by atoms with Gasteiger partial charge in [-0.2, -0.15) is 0 Å². The van der Waals surface area contributed by atoms with E-state index in [4.69, 9.17) is 0 Å². The number of hydrogen-bond donors (Lipinski definition) is 0. The highest BCUT2D eigenvalue weighted by atomic mass is 14.7. The van der Waals surface area contributed by atoms with Gasteiger partial charge in [0.1, 0.15) is 7.85 Å². The maximum absolute atomic E-state index is 2.45. The largest absolute Gasteiger partial charge is 0.105 e. The maximum atomic E-state index is 2.45. The normalized spacial score (nSPS) is 63.8. The molecule has 4 atom stereocenters. The SMILES string of the molecule is BC1CC23CCC2CCC13. The Kier molecular flexibility index (Phi) is 0.832. The molecule has 0 heterocycles. The molecular weight excluding hydrogens is 119 g/mol. The molecule has 0 radical (unpaired) electrons. The number of rotatable bonds is 0. The highest BCUT2D eigenvalue weighted by molar-refractivity contribution is 6.12. The van der Waals surface area contributed by atoms with Crippen LogP contribution < -0.4 is 0 Å². The summed E-state index contributed by atoms with van der Waals surface area (Å²) in [6.45, 7) is 0. The summed E-state index contributed by atoms with van der Waals surface area (Å²) in [6, 6.07) is 0. The lowest BCUT2D eigenvalue weighted by molar-refractivity contribution is -0.0621. The van der Waals surface area contributed by atoms with Gasteiger partial charge in [0.05, 0.1) is 0 Å². The van der Waals surface area contributed by atoms with Crippen LogP contribution in [0.25, 0.3) is 0 Å². The van der Waals surface area contributed by atoms with Gasteiger partial charge in [-0.25, -0.2) is 0 Å². The highest BCUT2D eigenvalue weighted by Gasteiger charge is 2.63. The summed E-state index contributed by atoms with van der Waals surface area (Å²) in [5.74, 6) is 3.45. The molecule has 3 rings (SSSR count). The van der Waals surface area contributed by atoms with Gasteiger partial charge in [-0.05, 0) is 36.5 Å². The van der Waals surface area contributed by atoms with Gasteiger partial charge in [0.2, 0.25) is 0 Å². The van der Waals surface area contributed by atoms with Crippen LogP contribution in [0.3, 0.4) is 0 Å². The van der Waals surface area contributed by atoms with E-state index in [1.165, 1.54) is 11.8 Å². The van der Waals surface area contributed by atoms with E-state index in [0.717, 1.165) is 11.2 Å². The van der Waals surface area contributed by atoms with E-state index in [9.17, 15) is 0 Å².